The minimum atomic E-state index is -0.0594. The van der Waals surface area contributed by atoms with Gasteiger partial charge >= 0.3 is 0 Å². The first-order valence-corrected chi connectivity index (χ1v) is 7.82. The standard InChI is InChI=1S/C19H20N2O/c1-14-6-8-15(9-7-14)11-21-12-19(13-21)10-16-4-2-3-5-17(16)18(22)20-19/h2-9H,10-13H2,1H3,(H,20,22). The highest BCUT2D eigenvalue weighted by molar-refractivity contribution is 5.97. The molecule has 112 valence electrons. The lowest BCUT2D eigenvalue weighted by Crippen LogP contribution is -2.72. The van der Waals surface area contributed by atoms with Crippen LogP contribution in [0.4, 0.5) is 0 Å². The molecule has 0 aromatic heterocycles. The summed E-state index contributed by atoms with van der Waals surface area (Å²) in [5, 5.41) is 3.23. The van der Waals surface area contributed by atoms with E-state index >= 15 is 0 Å². The molecule has 2 aliphatic rings. The van der Waals surface area contributed by atoms with Gasteiger partial charge in [0.25, 0.3) is 5.91 Å². The average molecular weight is 292 g/mol. The second-order valence-electron chi connectivity index (χ2n) is 6.70. The van der Waals surface area contributed by atoms with Crippen LogP contribution in [-0.2, 0) is 13.0 Å². The molecule has 2 aliphatic heterocycles. The summed E-state index contributed by atoms with van der Waals surface area (Å²) >= 11 is 0. The molecule has 1 amide bonds. The minimum absolute atomic E-state index is 0.0594. The number of hydrogen-bond donors (Lipinski definition) is 1. The number of benzene rings is 2. The quantitative estimate of drug-likeness (QED) is 0.922. The van der Waals surface area contributed by atoms with Crippen LogP contribution in [-0.4, -0.2) is 29.4 Å². The predicted octanol–water partition coefficient (Wildman–Crippen LogP) is 2.54. The lowest BCUT2D eigenvalue weighted by atomic mass is 9.78. The molecule has 1 fully saturated rings. The van der Waals surface area contributed by atoms with E-state index in [0.717, 1.165) is 31.6 Å². The number of rotatable bonds is 2. The maximum atomic E-state index is 12.3. The van der Waals surface area contributed by atoms with E-state index in [1.54, 1.807) is 0 Å². The summed E-state index contributed by atoms with van der Waals surface area (Å²) in [7, 11) is 0. The minimum Gasteiger partial charge on any atom is -0.344 e. The Balaban J connectivity index is 1.45. The van der Waals surface area contributed by atoms with E-state index in [9.17, 15) is 4.79 Å². The Morgan fingerprint density at radius 1 is 1.09 bits per heavy atom. The van der Waals surface area contributed by atoms with E-state index in [-0.39, 0.29) is 11.4 Å². The molecule has 2 aromatic rings. The van der Waals surface area contributed by atoms with Crippen molar-refractivity contribution in [2.45, 2.75) is 25.4 Å². The lowest BCUT2D eigenvalue weighted by molar-refractivity contribution is 0.0277. The number of nitrogens with one attached hydrogen (secondary N) is 1. The van der Waals surface area contributed by atoms with E-state index < -0.39 is 0 Å². The van der Waals surface area contributed by atoms with Gasteiger partial charge in [-0.15, -0.1) is 0 Å². The normalized spacial score (nSPS) is 19.4. The van der Waals surface area contributed by atoms with Crippen LogP contribution in [0.3, 0.4) is 0 Å². The summed E-state index contributed by atoms with van der Waals surface area (Å²) in [6.07, 6.45) is 0.944. The third kappa shape index (κ3) is 2.32. The van der Waals surface area contributed by atoms with Gasteiger partial charge in [-0.2, -0.15) is 0 Å². The van der Waals surface area contributed by atoms with Gasteiger partial charge in [-0.3, -0.25) is 9.69 Å². The Hall–Kier alpha value is -2.13. The van der Waals surface area contributed by atoms with Gasteiger partial charge in [0.15, 0.2) is 0 Å². The summed E-state index contributed by atoms with van der Waals surface area (Å²) in [5.41, 5.74) is 4.59. The van der Waals surface area contributed by atoms with Crippen molar-refractivity contribution in [3.8, 4) is 0 Å². The molecule has 2 heterocycles. The first-order valence-electron chi connectivity index (χ1n) is 7.82. The van der Waals surface area contributed by atoms with Gasteiger partial charge < -0.3 is 5.32 Å². The number of likely N-dealkylation sites (tertiary alicyclic amines) is 1. The molecule has 3 nitrogen and oxygen atoms in total. The number of amides is 1. The molecule has 1 N–H and O–H groups in total. The fourth-order valence-corrected chi connectivity index (χ4v) is 3.68. The van der Waals surface area contributed by atoms with Crippen LogP contribution >= 0.6 is 0 Å². The average Bonchev–Trinajstić information content (AvgIpc) is 2.48. The van der Waals surface area contributed by atoms with Gasteiger partial charge in [0.2, 0.25) is 0 Å². The van der Waals surface area contributed by atoms with Crippen molar-refractivity contribution in [3.63, 3.8) is 0 Å². The number of carbonyl (C=O) groups is 1. The number of fused-ring (bicyclic) bond motifs is 1. The van der Waals surface area contributed by atoms with E-state index in [1.165, 1.54) is 16.7 Å². The number of nitrogens with zero attached hydrogens (tertiary/aromatic N) is 1. The van der Waals surface area contributed by atoms with Gasteiger partial charge in [-0.25, -0.2) is 0 Å². The van der Waals surface area contributed by atoms with Crippen molar-refractivity contribution in [1.82, 2.24) is 10.2 Å². The van der Waals surface area contributed by atoms with E-state index in [1.807, 2.05) is 18.2 Å². The van der Waals surface area contributed by atoms with Crippen LogP contribution in [0.5, 0.6) is 0 Å². The van der Waals surface area contributed by atoms with E-state index in [4.69, 9.17) is 0 Å². The van der Waals surface area contributed by atoms with Crippen LogP contribution < -0.4 is 5.32 Å². The fourth-order valence-electron chi connectivity index (χ4n) is 3.68. The highest BCUT2D eigenvalue weighted by Crippen LogP contribution is 2.31. The summed E-state index contributed by atoms with van der Waals surface area (Å²) in [4.78, 5) is 14.7. The predicted molar refractivity (Wildman–Crippen MR) is 86.8 cm³/mol. The molecular weight excluding hydrogens is 272 g/mol. The van der Waals surface area contributed by atoms with Gasteiger partial charge in [0, 0.05) is 25.2 Å². The molecule has 2 aromatic carbocycles. The maximum absolute atomic E-state index is 12.3. The molecule has 0 aliphatic carbocycles. The summed E-state index contributed by atoms with van der Waals surface area (Å²) < 4.78 is 0. The topological polar surface area (TPSA) is 32.3 Å². The number of aryl methyl sites for hydroxylation is 1. The van der Waals surface area contributed by atoms with Crippen LogP contribution in [0.1, 0.15) is 27.0 Å². The maximum Gasteiger partial charge on any atom is 0.252 e. The van der Waals surface area contributed by atoms with Gasteiger partial charge in [0.1, 0.15) is 0 Å². The van der Waals surface area contributed by atoms with Crippen molar-refractivity contribution in [3.05, 3.63) is 70.8 Å². The Morgan fingerprint density at radius 3 is 2.59 bits per heavy atom. The molecule has 1 saturated heterocycles. The van der Waals surface area contributed by atoms with Crippen molar-refractivity contribution < 1.29 is 4.79 Å². The van der Waals surface area contributed by atoms with Crippen molar-refractivity contribution in [2.75, 3.05) is 13.1 Å². The zero-order valence-corrected chi connectivity index (χ0v) is 12.8. The molecule has 3 heteroatoms. The third-order valence-electron chi connectivity index (χ3n) is 4.75. The number of hydrogen-bond acceptors (Lipinski definition) is 2. The molecule has 22 heavy (non-hydrogen) atoms. The largest absolute Gasteiger partial charge is 0.344 e. The Morgan fingerprint density at radius 2 is 1.82 bits per heavy atom. The van der Waals surface area contributed by atoms with Gasteiger partial charge in [0.05, 0.1) is 5.54 Å². The summed E-state index contributed by atoms with van der Waals surface area (Å²) in [5.74, 6) is 0.0804. The van der Waals surface area contributed by atoms with Crippen molar-refractivity contribution in [2.24, 2.45) is 0 Å². The second-order valence-corrected chi connectivity index (χ2v) is 6.70. The zero-order chi connectivity index (χ0) is 15.2. The van der Waals surface area contributed by atoms with E-state index in [0.29, 0.717) is 0 Å². The lowest BCUT2D eigenvalue weighted by Gasteiger charge is -2.52. The molecule has 0 bridgehead atoms. The zero-order valence-electron chi connectivity index (χ0n) is 12.8. The summed E-state index contributed by atoms with van der Waals surface area (Å²) in [6.45, 7) is 4.93. The van der Waals surface area contributed by atoms with Crippen molar-refractivity contribution in [1.29, 1.82) is 0 Å². The monoisotopic (exact) mass is 292 g/mol. The Labute approximate surface area is 131 Å². The SMILES string of the molecule is Cc1ccc(CN2CC3(Cc4ccccc4C(=O)N3)C2)cc1. The molecule has 4 rings (SSSR count). The Bertz CT molecular complexity index is 714. The highest BCUT2D eigenvalue weighted by Gasteiger charge is 2.46. The van der Waals surface area contributed by atoms with Gasteiger partial charge in [-0.05, 0) is 30.5 Å². The third-order valence-corrected chi connectivity index (χ3v) is 4.75. The molecule has 0 unspecified atom stereocenters. The van der Waals surface area contributed by atoms with E-state index in [2.05, 4.69) is 47.5 Å². The highest BCUT2D eigenvalue weighted by atomic mass is 16.2. The second kappa shape index (κ2) is 4.96. The van der Waals surface area contributed by atoms with Crippen LogP contribution in [0.15, 0.2) is 48.5 Å². The molecule has 1 spiro atoms. The molecular formula is C19H20N2O. The molecule has 0 atom stereocenters. The van der Waals surface area contributed by atoms with Crippen LogP contribution in [0, 0.1) is 6.92 Å². The molecule has 0 saturated carbocycles. The van der Waals surface area contributed by atoms with Crippen LogP contribution in [0.25, 0.3) is 0 Å². The van der Waals surface area contributed by atoms with Gasteiger partial charge in [-0.1, -0.05) is 48.0 Å². The number of carbonyl (C=O) groups excluding carboxylic acids is 1. The first-order chi connectivity index (χ1) is 10.6. The van der Waals surface area contributed by atoms with Crippen LogP contribution in [0.2, 0.25) is 0 Å². The van der Waals surface area contributed by atoms with Crippen molar-refractivity contribution >= 4 is 5.91 Å². The molecule has 0 radical (unpaired) electrons. The smallest absolute Gasteiger partial charge is 0.252 e. The first kappa shape index (κ1) is 13.5. The summed E-state index contributed by atoms with van der Waals surface area (Å²) in [6, 6.07) is 16.6. The fraction of sp³-hybridized carbons (Fsp3) is 0.316. The Kier molecular flexibility index (Phi) is 3.05.